The summed E-state index contributed by atoms with van der Waals surface area (Å²) in [4.78, 5) is 14.9. The quantitative estimate of drug-likeness (QED) is 0.760. The lowest BCUT2D eigenvalue weighted by atomic mass is 10.2. The Labute approximate surface area is 119 Å². The van der Waals surface area contributed by atoms with E-state index in [4.69, 9.17) is 14.3 Å². The molecule has 0 bridgehead atoms. The van der Waals surface area contributed by atoms with Crippen LogP contribution in [0.2, 0.25) is 0 Å². The number of rotatable bonds is 4. The summed E-state index contributed by atoms with van der Waals surface area (Å²) in [7, 11) is 1.48. The standard InChI is InChI=1S/C13H14N4O4/c1-7(15-12(18)19)6-17-11-8(5-14-17)3-4-9-10(11)16-13(20-2)21-9/h3-5,7,15H,6H2,1-2H3,(H,18,19)/t7-/m0/s1. The maximum Gasteiger partial charge on any atom is 0.404 e. The second-order valence-corrected chi connectivity index (χ2v) is 4.71. The van der Waals surface area contributed by atoms with Crippen LogP contribution < -0.4 is 10.1 Å². The van der Waals surface area contributed by atoms with Gasteiger partial charge in [0.25, 0.3) is 0 Å². The summed E-state index contributed by atoms with van der Waals surface area (Å²) in [5, 5.41) is 16.3. The summed E-state index contributed by atoms with van der Waals surface area (Å²) < 4.78 is 12.1. The van der Waals surface area contributed by atoms with Crippen molar-refractivity contribution in [1.29, 1.82) is 0 Å². The van der Waals surface area contributed by atoms with Crippen LogP contribution in [0.5, 0.6) is 6.08 Å². The highest BCUT2D eigenvalue weighted by Gasteiger charge is 2.15. The number of methoxy groups -OCH3 is 1. The fraction of sp³-hybridized carbons (Fsp3) is 0.308. The maximum absolute atomic E-state index is 10.7. The largest absolute Gasteiger partial charge is 0.465 e. The molecule has 110 valence electrons. The molecule has 2 aromatic heterocycles. The van der Waals surface area contributed by atoms with Crippen molar-refractivity contribution in [3.8, 4) is 6.08 Å². The Balaban J connectivity index is 2.06. The van der Waals surface area contributed by atoms with Crippen LogP contribution >= 0.6 is 0 Å². The maximum atomic E-state index is 10.7. The van der Waals surface area contributed by atoms with E-state index in [9.17, 15) is 4.79 Å². The van der Waals surface area contributed by atoms with Gasteiger partial charge < -0.3 is 19.6 Å². The van der Waals surface area contributed by atoms with Crippen molar-refractivity contribution in [2.45, 2.75) is 19.5 Å². The zero-order chi connectivity index (χ0) is 15.0. The summed E-state index contributed by atoms with van der Waals surface area (Å²) in [5.74, 6) is 0. The van der Waals surface area contributed by atoms with Crippen LogP contribution in [0, 0.1) is 0 Å². The van der Waals surface area contributed by atoms with Crippen LogP contribution in [0.25, 0.3) is 22.0 Å². The molecular formula is C13H14N4O4. The molecule has 0 fully saturated rings. The number of benzene rings is 1. The lowest BCUT2D eigenvalue weighted by Crippen LogP contribution is -2.34. The summed E-state index contributed by atoms with van der Waals surface area (Å²) in [6.45, 7) is 2.16. The van der Waals surface area contributed by atoms with Crippen molar-refractivity contribution < 1.29 is 19.1 Å². The minimum atomic E-state index is -1.06. The molecule has 0 aliphatic rings. The van der Waals surface area contributed by atoms with Crippen LogP contribution in [0.3, 0.4) is 0 Å². The molecule has 3 rings (SSSR count). The highest BCUT2D eigenvalue weighted by Crippen LogP contribution is 2.28. The SMILES string of the molecule is COc1nc2c(ccc3cnn(C[C@H](C)NC(=O)O)c32)o1. The van der Waals surface area contributed by atoms with Crippen molar-refractivity contribution in [2.24, 2.45) is 0 Å². The topological polar surface area (TPSA) is 102 Å². The molecule has 0 unspecified atom stereocenters. The predicted molar refractivity (Wildman–Crippen MR) is 74.5 cm³/mol. The summed E-state index contributed by atoms with van der Waals surface area (Å²) in [6, 6.07) is 3.40. The molecule has 0 saturated heterocycles. The third-order valence-corrected chi connectivity index (χ3v) is 3.13. The minimum Gasteiger partial charge on any atom is -0.465 e. The van der Waals surface area contributed by atoms with E-state index in [1.54, 1.807) is 23.9 Å². The Kier molecular flexibility index (Phi) is 3.13. The Morgan fingerprint density at radius 2 is 2.38 bits per heavy atom. The van der Waals surface area contributed by atoms with Crippen molar-refractivity contribution in [1.82, 2.24) is 20.1 Å². The van der Waals surface area contributed by atoms with E-state index in [0.717, 1.165) is 10.9 Å². The molecule has 2 N–H and O–H groups in total. The van der Waals surface area contributed by atoms with E-state index in [1.807, 2.05) is 6.07 Å². The van der Waals surface area contributed by atoms with Gasteiger partial charge in [-0.05, 0) is 19.1 Å². The highest BCUT2D eigenvalue weighted by atomic mass is 16.6. The zero-order valence-corrected chi connectivity index (χ0v) is 11.5. The number of hydrogen-bond donors (Lipinski definition) is 2. The molecule has 0 spiro atoms. The smallest absolute Gasteiger partial charge is 0.404 e. The highest BCUT2D eigenvalue weighted by molar-refractivity contribution is 6.01. The number of hydrogen-bond acceptors (Lipinski definition) is 5. The molecule has 8 heteroatoms. The molecule has 1 atom stereocenters. The zero-order valence-electron chi connectivity index (χ0n) is 11.5. The molecule has 1 amide bonds. The average molecular weight is 290 g/mol. The number of amides is 1. The van der Waals surface area contributed by atoms with Crippen LogP contribution in [-0.4, -0.2) is 39.1 Å². The lowest BCUT2D eigenvalue weighted by Gasteiger charge is -2.12. The predicted octanol–water partition coefficient (Wildman–Crippen LogP) is 1.84. The Morgan fingerprint density at radius 1 is 1.57 bits per heavy atom. The van der Waals surface area contributed by atoms with Gasteiger partial charge in [-0.2, -0.15) is 10.1 Å². The van der Waals surface area contributed by atoms with Gasteiger partial charge in [-0.15, -0.1) is 0 Å². The van der Waals surface area contributed by atoms with Gasteiger partial charge in [-0.3, -0.25) is 4.68 Å². The monoisotopic (exact) mass is 290 g/mol. The van der Waals surface area contributed by atoms with Gasteiger partial charge in [-0.1, -0.05) is 0 Å². The molecule has 21 heavy (non-hydrogen) atoms. The number of oxazole rings is 1. The van der Waals surface area contributed by atoms with E-state index in [-0.39, 0.29) is 12.1 Å². The molecule has 3 aromatic rings. The van der Waals surface area contributed by atoms with E-state index in [2.05, 4.69) is 15.4 Å². The van der Waals surface area contributed by atoms with Crippen molar-refractivity contribution in [3.05, 3.63) is 18.3 Å². The fourth-order valence-electron chi connectivity index (χ4n) is 2.28. The first-order valence-corrected chi connectivity index (χ1v) is 6.37. The first kappa shape index (κ1) is 13.2. The van der Waals surface area contributed by atoms with E-state index < -0.39 is 6.09 Å². The van der Waals surface area contributed by atoms with Crippen LogP contribution in [0.4, 0.5) is 4.79 Å². The average Bonchev–Trinajstić information content (AvgIpc) is 3.00. The molecule has 2 heterocycles. The van der Waals surface area contributed by atoms with Gasteiger partial charge in [0, 0.05) is 11.4 Å². The third-order valence-electron chi connectivity index (χ3n) is 3.13. The van der Waals surface area contributed by atoms with Gasteiger partial charge in [0.1, 0.15) is 5.52 Å². The molecule has 1 aromatic carbocycles. The first-order valence-electron chi connectivity index (χ1n) is 6.37. The van der Waals surface area contributed by atoms with Gasteiger partial charge in [0.05, 0.1) is 25.4 Å². The number of carboxylic acid groups (broad SMARTS) is 1. The van der Waals surface area contributed by atoms with Gasteiger partial charge in [0.2, 0.25) is 0 Å². The Morgan fingerprint density at radius 3 is 3.10 bits per heavy atom. The van der Waals surface area contributed by atoms with E-state index in [1.165, 1.54) is 7.11 Å². The molecule has 0 aliphatic carbocycles. The van der Waals surface area contributed by atoms with Crippen LogP contribution in [0.1, 0.15) is 6.92 Å². The van der Waals surface area contributed by atoms with Gasteiger partial charge in [0.15, 0.2) is 5.58 Å². The number of nitrogens with one attached hydrogen (secondary N) is 1. The van der Waals surface area contributed by atoms with Crippen molar-refractivity contribution in [3.63, 3.8) is 0 Å². The van der Waals surface area contributed by atoms with Gasteiger partial charge >= 0.3 is 12.2 Å². The number of nitrogens with zero attached hydrogens (tertiary/aromatic N) is 3. The van der Waals surface area contributed by atoms with Crippen LogP contribution in [0.15, 0.2) is 22.7 Å². The molecule has 0 saturated carbocycles. The third kappa shape index (κ3) is 2.35. The second-order valence-electron chi connectivity index (χ2n) is 4.71. The number of aromatic nitrogens is 3. The molecule has 0 radical (unpaired) electrons. The number of carbonyl (C=O) groups is 1. The second kappa shape index (κ2) is 4.97. The van der Waals surface area contributed by atoms with Crippen molar-refractivity contribution >= 4 is 28.1 Å². The lowest BCUT2D eigenvalue weighted by molar-refractivity contribution is 0.189. The Bertz CT molecular complexity index is 807. The Hall–Kier alpha value is -2.77. The van der Waals surface area contributed by atoms with E-state index >= 15 is 0 Å². The molecule has 8 nitrogen and oxygen atoms in total. The normalized spacial score (nSPS) is 12.7. The van der Waals surface area contributed by atoms with E-state index in [0.29, 0.717) is 17.6 Å². The summed E-state index contributed by atoms with van der Waals surface area (Å²) in [5.41, 5.74) is 2.03. The molecular weight excluding hydrogens is 276 g/mol. The summed E-state index contributed by atoms with van der Waals surface area (Å²) >= 11 is 0. The number of ether oxygens (including phenoxy) is 1. The first-order chi connectivity index (χ1) is 10.1. The van der Waals surface area contributed by atoms with Gasteiger partial charge in [-0.25, -0.2) is 4.79 Å². The summed E-state index contributed by atoms with van der Waals surface area (Å²) in [6.07, 6.45) is 0.831. The fourth-order valence-corrected chi connectivity index (χ4v) is 2.28. The van der Waals surface area contributed by atoms with Crippen LogP contribution in [-0.2, 0) is 6.54 Å². The molecule has 0 aliphatic heterocycles. The van der Waals surface area contributed by atoms with Crippen molar-refractivity contribution in [2.75, 3.05) is 7.11 Å². The minimum absolute atomic E-state index is 0.182. The number of fused-ring (bicyclic) bond motifs is 3.